The van der Waals surface area contributed by atoms with Crippen LogP contribution in [0.4, 0.5) is 55.6 Å². The molecule has 9 heterocycles. The van der Waals surface area contributed by atoms with Gasteiger partial charge >= 0.3 is 0 Å². The average molecular weight is 1960 g/mol. The second-order valence-electron chi connectivity index (χ2n) is 36.7. The number of para-hydroxylation sites is 6. The molecule has 0 aliphatic rings. The SMILES string of the molecule is Fc1ccc(-n2c3ccccc3c3cc(N(c4ccc(-c5ccccc5)cc4)c4ccc5c(c4)sc4c6ccccc6sc54)ccc32)cc1.c1ccc(-c2ccc(N(c3ccc4c(c3)sc3c5ccccc5sc43)c3ccc4c(c3)c3ccccc3n4-c3ccccc3)cc2)cc1.c1ccc(N(c2ccc(-c3ccc4c(c3)c3ccccc3n4-c3ccccc3)cc2)c2ccc3c(c2)sc2c4ccccc4sc32)cc1. The van der Waals surface area contributed by atoms with Gasteiger partial charge in [0, 0.05) is 161 Å². The summed E-state index contributed by atoms with van der Waals surface area (Å²) in [5.41, 5.74) is 27.6. The number of fused-ring (bicyclic) bond motifs is 24. The maximum atomic E-state index is 13.9. The number of hydrogen-bond donors (Lipinski definition) is 0. The van der Waals surface area contributed by atoms with E-state index >= 15 is 0 Å². The van der Waals surface area contributed by atoms with E-state index in [9.17, 15) is 4.39 Å². The summed E-state index contributed by atoms with van der Waals surface area (Å²) in [6.07, 6.45) is 0. The Morgan fingerprint density at radius 2 is 0.372 bits per heavy atom. The predicted octanol–water partition coefficient (Wildman–Crippen LogP) is 40.6. The third-order valence-electron chi connectivity index (χ3n) is 28.2. The maximum absolute atomic E-state index is 13.9. The lowest BCUT2D eigenvalue weighted by Crippen LogP contribution is -2.09. The van der Waals surface area contributed by atoms with Crippen molar-refractivity contribution in [2.45, 2.75) is 0 Å². The van der Waals surface area contributed by atoms with E-state index in [-0.39, 0.29) is 5.82 Å². The molecule has 6 nitrogen and oxygen atoms in total. The zero-order valence-electron chi connectivity index (χ0n) is 77.9. The number of rotatable bonds is 15. The molecular weight excluding hydrogens is 1880 g/mol. The molecule has 30 rings (SSSR count). The van der Waals surface area contributed by atoms with E-state index in [1.54, 1.807) is 0 Å². The third-order valence-corrected chi connectivity index (χ3v) is 35.8. The van der Waals surface area contributed by atoms with Crippen molar-refractivity contribution in [3.05, 3.63) is 509 Å². The molecule has 0 amide bonds. The second kappa shape index (κ2) is 35.8. The quantitative estimate of drug-likeness (QED) is 0.102. The van der Waals surface area contributed by atoms with Gasteiger partial charge in [0.05, 0.1) is 61.3 Å². The number of benzene rings is 21. The van der Waals surface area contributed by atoms with Crippen molar-refractivity contribution in [1.29, 1.82) is 0 Å². The molecule has 0 saturated heterocycles. The van der Waals surface area contributed by atoms with Gasteiger partial charge in [0.1, 0.15) is 5.82 Å². The topological polar surface area (TPSA) is 24.5 Å². The molecule has 13 heteroatoms. The number of halogens is 1. The second-order valence-corrected chi connectivity index (χ2v) is 43.0. The molecule has 0 fully saturated rings. The van der Waals surface area contributed by atoms with Crippen LogP contribution in [-0.4, -0.2) is 13.7 Å². The number of aromatic nitrogens is 3. The van der Waals surface area contributed by atoms with Crippen LogP contribution in [0.1, 0.15) is 0 Å². The minimum atomic E-state index is -0.239. The van der Waals surface area contributed by atoms with Gasteiger partial charge in [-0.1, -0.05) is 285 Å². The normalized spacial score (nSPS) is 11.8. The largest absolute Gasteiger partial charge is 0.310 e. The number of anilines is 9. The van der Waals surface area contributed by atoms with Gasteiger partial charge in [0.2, 0.25) is 0 Å². The summed E-state index contributed by atoms with van der Waals surface area (Å²) in [5.74, 6) is -0.239. The van der Waals surface area contributed by atoms with Crippen molar-refractivity contribution in [3.8, 4) is 50.4 Å². The van der Waals surface area contributed by atoms with E-state index < -0.39 is 0 Å². The Labute approximate surface area is 858 Å². The molecule has 0 radical (unpaired) electrons. The van der Waals surface area contributed by atoms with Gasteiger partial charge in [-0.05, 0) is 252 Å². The van der Waals surface area contributed by atoms with E-state index in [0.717, 1.165) is 78.7 Å². The van der Waals surface area contributed by atoms with Crippen LogP contribution in [0.25, 0.3) is 205 Å². The number of hydrogen-bond acceptors (Lipinski definition) is 9. The average Bonchev–Trinajstić information content (AvgIpc) is 1.60. The van der Waals surface area contributed by atoms with Crippen LogP contribution in [0.5, 0.6) is 0 Å². The van der Waals surface area contributed by atoms with E-state index in [2.05, 4.69) is 508 Å². The monoisotopic (exact) mass is 1960 g/mol. The molecule has 0 N–H and O–H groups in total. The smallest absolute Gasteiger partial charge is 0.123 e. The molecule has 145 heavy (non-hydrogen) atoms. The Kier molecular flexibility index (Phi) is 21.2. The minimum Gasteiger partial charge on any atom is -0.310 e. The molecule has 684 valence electrons. The Morgan fingerprint density at radius 3 is 0.738 bits per heavy atom. The van der Waals surface area contributed by atoms with Crippen LogP contribution >= 0.6 is 68.0 Å². The molecule has 0 spiro atoms. The molecular formula is C132H83FN6S6. The van der Waals surface area contributed by atoms with Crippen molar-refractivity contribution in [3.63, 3.8) is 0 Å². The number of nitrogens with zero attached hydrogens (tertiary/aromatic N) is 6. The zero-order chi connectivity index (χ0) is 95.7. The van der Waals surface area contributed by atoms with Gasteiger partial charge < -0.3 is 28.4 Å². The van der Waals surface area contributed by atoms with Crippen LogP contribution < -0.4 is 14.7 Å². The molecule has 0 aliphatic heterocycles. The summed E-state index contributed by atoms with van der Waals surface area (Å²) < 4.78 is 37.1. The highest BCUT2D eigenvalue weighted by Gasteiger charge is 2.26. The fraction of sp³-hybridized carbons (Fsp3) is 0. The van der Waals surface area contributed by atoms with Crippen molar-refractivity contribution in [2.24, 2.45) is 0 Å². The van der Waals surface area contributed by atoms with Gasteiger partial charge in [0.15, 0.2) is 0 Å². The van der Waals surface area contributed by atoms with Crippen molar-refractivity contribution in [2.75, 3.05) is 14.7 Å². The highest BCUT2D eigenvalue weighted by molar-refractivity contribution is 7.38. The first kappa shape index (κ1) is 85.8. The van der Waals surface area contributed by atoms with Crippen LogP contribution in [0.2, 0.25) is 0 Å². The molecule has 0 bridgehead atoms. The van der Waals surface area contributed by atoms with Crippen molar-refractivity contribution >= 4 is 273 Å². The van der Waals surface area contributed by atoms with Crippen molar-refractivity contribution in [1.82, 2.24) is 13.7 Å². The highest BCUT2D eigenvalue weighted by atomic mass is 32.1. The zero-order valence-corrected chi connectivity index (χ0v) is 82.8. The van der Waals surface area contributed by atoms with Gasteiger partial charge in [-0.25, -0.2) is 4.39 Å². The molecule has 0 aliphatic carbocycles. The summed E-state index contributed by atoms with van der Waals surface area (Å²) in [5, 5.41) is 15.3. The van der Waals surface area contributed by atoms with Gasteiger partial charge in [0.25, 0.3) is 0 Å². The Balaban J connectivity index is 0.000000106. The van der Waals surface area contributed by atoms with Gasteiger partial charge in [-0.3, -0.25) is 0 Å². The molecule has 21 aromatic carbocycles. The van der Waals surface area contributed by atoms with E-state index in [1.165, 1.54) is 189 Å². The molecule has 0 atom stereocenters. The number of thiophene rings is 6. The summed E-state index contributed by atoms with van der Waals surface area (Å²) in [4.78, 5) is 7.14. The van der Waals surface area contributed by atoms with Crippen LogP contribution in [0.15, 0.2) is 504 Å². The lowest BCUT2D eigenvalue weighted by Gasteiger charge is -2.26. The molecule has 9 aromatic heterocycles. The summed E-state index contributed by atoms with van der Waals surface area (Å²) in [6.45, 7) is 0. The molecule has 0 saturated carbocycles. The van der Waals surface area contributed by atoms with Gasteiger partial charge in [-0.2, -0.15) is 0 Å². The van der Waals surface area contributed by atoms with Gasteiger partial charge in [-0.15, -0.1) is 68.0 Å². The maximum Gasteiger partial charge on any atom is 0.123 e. The van der Waals surface area contributed by atoms with Crippen LogP contribution in [0, 0.1) is 5.82 Å². The van der Waals surface area contributed by atoms with Crippen LogP contribution in [-0.2, 0) is 0 Å². The standard InChI is InChI=1S/C44H27FN2S2.2C44H28N2S2/c45-30-16-20-32(21-17-30)47-39-12-6-4-10-35(39)38-26-33(23-25-40(38)47)46(31-18-14-29(15-19-31)28-8-2-1-3-9-28)34-22-24-37-42(27-34)49-43-36-11-5-7-13-41(36)48-44(37)43;1-3-11-31(12-4-1)45(34-24-25-37-42(28-34)48-43-36-16-8-10-18-41(36)47-44(37)43)33-22-19-29(20-23-33)30-21-26-40-38(27-30)35-15-7-9-17-39(35)46(40)32-13-5-2-6-14-32;1-3-11-29(12-4-1)30-19-21-32(22-20-30)45(34-23-25-37-42(28-34)48-43-36-16-8-10-18-41(36)47-44(37)43)33-24-26-40-38(27-33)35-15-7-9-17-39(35)46(40)31-13-5-2-6-14-31/h1-27H;2*1-28H. The summed E-state index contributed by atoms with van der Waals surface area (Å²) in [7, 11) is 0. The minimum absolute atomic E-state index is 0.239. The van der Waals surface area contributed by atoms with E-state index in [4.69, 9.17) is 0 Å². The Bertz CT molecular complexity index is 10200. The fourth-order valence-electron chi connectivity index (χ4n) is 21.5. The Morgan fingerprint density at radius 1 is 0.145 bits per heavy atom. The predicted molar refractivity (Wildman–Crippen MR) is 627 cm³/mol. The van der Waals surface area contributed by atoms with E-state index in [0.29, 0.717) is 0 Å². The lowest BCUT2D eigenvalue weighted by atomic mass is 10.0. The highest BCUT2D eigenvalue weighted by Crippen LogP contribution is 2.53. The first-order valence-corrected chi connectivity index (χ1v) is 53.5. The third kappa shape index (κ3) is 15.0. The molecule has 30 aromatic rings. The summed E-state index contributed by atoms with van der Waals surface area (Å²) in [6, 6.07) is 180. The first-order valence-electron chi connectivity index (χ1n) is 48.6. The van der Waals surface area contributed by atoms with Crippen molar-refractivity contribution < 1.29 is 4.39 Å². The van der Waals surface area contributed by atoms with E-state index in [1.807, 2.05) is 80.2 Å². The first-order chi connectivity index (χ1) is 71.8. The lowest BCUT2D eigenvalue weighted by molar-refractivity contribution is 0.627. The molecule has 0 unspecified atom stereocenters. The van der Waals surface area contributed by atoms with Crippen LogP contribution in [0.3, 0.4) is 0 Å². The summed E-state index contributed by atoms with van der Waals surface area (Å²) >= 11 is 11.4. The fourth-order valence-corrected chi connectivity index (χ4v) is 29.6. The Hall–Kier alpha value is -17.1.